The number of hydrogen-bond donors (Lipinski definition) is 4. The Bertz CT molecular complexity index is 5100. The molecule has 10 aromatic rings. The van der Waals surface area contributed by atoms with Gasteiger partial charge in [-0.1, -0.05) is 233 Å². The molecule has 12 aliphatic rings. The van der Waals surface area contributed by atoms with Crippen molar-refractivity contribution in [3.8, 4) is 11.5 Å². The number of benzene rings is 10. The van der Waals surface area contributed by atoms with E-state index >= 15 is 0 Å². The Kier molecular flexibility index (Phi) is 25.0. The zero-order valence-electron chi connectivity index (χ0n) is 74.8. The van der Waals surface area contributed by atoms with Crippen molar-refractivity contribution in [3.63, 3.8) is 0 Å². The number of carbonyl (C=O) groups is 6. The number of nitrogens with one attached hydrogen (secondary N) is 4. The Labute approximate surface area is 707 Å². The van der Waals surface area contributed by atoms with E-state index in [0.717, 1.165) is 158 Å². The summed E-state index contributed by atoms with van der Waals surface area (Å²) >= 11 is 0. The lowest BCUT2D eigenvalue weighted by atomic mass is 9.64. The van der Waals surface area contributed by atoms with Crippen molar-refractivity contribution < 1.29 is 38.2 Å². The van der Waals surface area contributed by atoms with Gasteiger partial charge in [0.15, 0.2) is 0 Å². The van der Waals surface area contributed by atoms with Crippen molar-refractivity contribution in [2.75, 3.05) is 21.3 Å². The molecule has 0 radical (unpaired) electrons. The zero-order valence-corrected chi connectivity index (χ0v) is 74.8. The van der Waals surface area contributed by atoms with Crippen LogP contribution in [0.4, 0.5) is 22.7 Å². The molecule has 0 aromatic heterocycles. The first-order valence-electron chi connectivity index (χ1n) is 42.7. The van der Waals surface area contributed by atoms with E-state index < -0.39 is 0 Å². The van der Waals surface area contributed by atoms with Crippen molar-refractivity contribution in [2.24, 2.45) is 0 Å². The number of aryl methyl sites for hydroxylation is 8. The van der Waals surface area contributed by atoms with Crippen LogP contribution < -0.4 is 30.7 Å². The monoisotopic (exact) mass is 1590 g/mol. The van der Waals surface area contributed by atoms with Crippen LogP contribution in [0.5, 0.6) is 11.5 Å². The van der Waals surface area contributed by atoms with Crippen molar-refractivity contribution >= 4 is 58.3 Å². The predicted molar refractivity (Wildman–Crippen MR) is 488 cm³/mol. The minimum atomic E-state index is -0.362. The molecule has 119 heavy (non-hydrogen) atoms. The Morgan fingerprint density at radius 3 is 0.782 bits per heavy atom. The highest BCUT2D eigenvalue weighted by Crippen LogP contribution is 2.50. The quantitative estimate of drug-likeness (QED) is 0.0942. The van der Waals surface area contributed by atoms with Gasteiger partial charge < -0.3 is 30.7 Å². The fourth-order valence-electron chi connectivity index (χ4n) is 17.6. The van der Waals surface area contributed by atoms with E-state index in [-0.39, 0.29) is 73.5 Å². The highest BCUT2D eigenvalue weighted by atomic mass is 16.5. The fourth-order valence-corrected chi connectivity index (χ4v) is 17.6. The molecule has 12 bridgehead atoms. The van der Waals surface area contributed by atoms with Gasteiger partial charge in [0.2, 0.25) is 0 Å². The van der Waals surface area contributed by atoms with Crippen LogP contribution in [0.2, 0.25) is 0 Å². The van der Waals surface area contributed by atoms with Crippen molar-refractivity contribution in [1.29, 1.82) is 0 Å². The summed E-state index contributed by atoms with van der Waals surface area (Å²) in [4.78, 5) is 83.7. The number of amides is 4. The van der Waals surface area contributed by atoms with Crippen LogP contribution >= 0.6 is 0 Å². The molecule has 0 unspecified atom stereocenters. The normalized spacial score (nSPS) is 15.3. The Morgan fingerprint density at radius 1 is 0.294 bits per heavy atom. The number of ether oxygens (including phenoxy) is 2. The summed E-state index contributed by atoms with van der Waals surface area (Å²) in [5.41, 5.74) is 24.7. The first-order valence-corrected chi connectivity index (χ1v) is 42.7. The summed E-state index contributed by atoms with van der Waals surface area (Å²) in [7, 11) is 0. The van der Waals surface area contributed by atoms with E-state index in [1.165, 1.54) is 35.1 Å². The molecule has 4 amide bonds. The molecular weight excluding hydrogens is 1470 g/mol. The van der Waals surface area contributed by atoms with Gasteiger partial charge in [-0.25, -0.2) is 9.59 Å². The highest BCUT2D eigenvalue weighted by molar-refractivity contribution is 6.11. The molecule has 10 aromatic carbocycles. The number of carbonyl (C=O) groups excluding carboxylic acids is 6. The molecule has 0 saturated heterocycles. The second kappa shape index (κ2) is 34.0. The lowest BCUT2D eigenvalue weighted by molar-refractivity contribution is 0.0724. The van der Waals surface area contributed by atoms with E-state index in [4.69, 9.17) is 9.47 Å². The maximum absolute atomic E-state index is 14.5. The first-order chi connectivity index (χ1) is 55.8. The standard InChI is InChI=1S/C64H72N4O4.C43H52O4/c1-37-25-50-26-38(2)54(37)65-58(69)45-19-18-20-46(33-45)59(70)66-55-39(3)27-51(28-40(55)4)64(23-16-13-17-24-64)53-31-43(7)57(44(8)32-53)68-61(72)48-34-47(35-49(36-48)62(9,10)11)60(71)67-56-41(5)29-52(30-42(56)6)63(50)21-14-12-15-22-63;1-40(2,3)32-22-30(23-33(26-32)41(4,5)6)38(44)46-36-17-13-28(14-18-36)21-29-15-19-37(20-16-29)47-39(45)31-24-34(42(7,8)9)27-35(25-31)43(10,11)12/h18-20,25-36H,12-17,21-24H2,1-11H3,(H,65,69)(H,66,70)(H,67,71)(H,68,72);13-20,22-27H,21H2,1-12H3. The van der Waals surface area contributed by atoms with E-state index in [1.807, 2.05) is 84.9 Å². The highest BCUT2D eigenvalue weighted by Gasteiger charge is 2.40. The average molecular weight is 1590 g/mol. The minimum absolute atomic E-state index is 0.0913. The number of hydrogen-bond acceptors (Lipinski definition) is 8. The average Bonchev–Trinajstić information content (AvgIpc) is 0.754. The van der Waals surface area contributed by atoms with Crippen LogP contribution in [0.1, 0.15) is 336 Å². The number of esters is 2. The third-order valence-electron chi connectivity index (χ3n) is 24.9. The summed E-state index contributed by atoms with van der Waals surface area (Å²) in [5.74, 6) is -0.796. The molecule has 12 nitrogen and oxygen atoms in total. The predicted octanol–water partition coefficient (Wildman–Crippen LogP) is 26.2. The van der Waals surface area contributed by atoms with E-state index in [9.17, 15) is 28.8 Å². The number of rotatable bonds is 6. The number of anilines is 4. The van der Waals surface area contributed by atoms with Gasteiger partial charge in [0, 0.05) is 55.8 Å². The molecule has 4 N–H and O–H groups in total. The third kappa shape index (κ3) is 19.7. The van der Waals surface area contributed by atoms with E-state index in [1.54, 1.807) is 30.3 Å². The lowest BCUT2D eigenvalue weighted by Gasteiger charge is -2.40. The molecule has 0 atom stereocenters. The van der Waals surface area contributed by atoms with Gasteiger partial charge in [-0.05, 0) is 305 Å². The molecule has 2 saturated carbocycles. The molecule has 2 fully saturated rings. The Morgan fingerprint density at radius 2 is 0.529 bits per heavy atom. The van der Waals surface area contributed by atoms with Crippen LogP contribution in [-0.2, 0) is 44.3 Å². The van der Waals surface area contributed by atoms with Gasteiger partial charge in [0.1, 0.15) is 11.5 Å². The Hall–Kier alpha value is -11.0. The lowest BCUT2D eigenvalue weighted by Crippen LogP contribution is -2.31. The van der Waals surface area contributed by atoms with Gasteiger partial charge in [-0.3, -0.25) is 19.2 Å². The molecule has 2 aliphatic carbocycles. The van der Waals surface area contributed by atoms with Gasteiger partial charge in [0.25, 0.3) is 23.6 Å². The zero-order chi connectivity index (χ0) is 86.4. The summed E-state index contributed by atoms with van der Waals surface area (Å²) < 4.78 is 11.6. The van der Waals surface area contributed by atoms with Crippen LogP contribution in [0.3, 0.4) is 0 Å². The third-order valence-corrected chi connectivity index (χ3v) is 24.9. The van der Waals surface area contributed by atoms with Crippen LogP contribution in [0.25, 0.3) is 0 Å². The SMILES string of the molecule is CC(C)(C)c1cc(C(=O)Oc2ccc(Cc3ccc(OC(=O)c4cc(C(C)(C)C)cc(C(C)(C)C)c4)cc3)cc2)cc(C(C)(C)C)c1.Cc1cc2cc(C)c1NC(=O)c1cccc(c1)C(=O)Nc1c(C)cc(cc1C)C1(CCCCC1)c1cc(C)c(c(C)c1)NC(=O)c1cc(cc(C(C)(C)C)c1)C(=O)Nc1c(C)cc(cc1C)C21CCCCC1. The molecule has 2 spiro atoms. The van der Waals surface area contributed by atoms with Crippen LogP contribution in [0.15, 0.2) is 176 Å². The molecule has 22 rings (SSSR count). The fraction of sp³-hybridized carbons (Fsp3) is 0.383. The second-order valence-corrected chi connectivity index (χ2v) is 39.5. The smallest absolute Gasteiger partial charge is 0.343 e. The maximum atomic E-state index is 14.5. The molecule has 10 heterocycles. The maximum Gasteiger partial charge on any atom is 0.343 e. The van der Waals surface area contributed by atoms with Gasteiger partial charge in [0.05, 0.1) is 11.1 Å². The van der Waals surface area contributed by atoms with Crippen LogP contribution in [0, 0.1) is 55.4 Å². The van der Waals surface area contributed by atoms with E-state index in [0.29, 0.717) is 51.3 Å². The van der Waals surface area contributed by atoms with Gasteiger partial charge >= 0.3 is 11.9 Å². The largest absolute Gasteiger partial charge is 0.423 e. The summed E-state index contributed by atoms with van der Waals surface area (Å²) in [6.07, 6.45) is 11.3. The summed E-state index contributed by atoms with van der Waals surface area (Å²) in [5, 5.41) is 13.0. The summed E-state index contributed by atoms with van der Waals surface area (Å²) in [6.45, 7) is 48.6. The van der Waals surface area contributed by atoms with Crippen molar-refractivity contribution in [3.05, 3.63) is 315 Å². The first kappa shape index (κ1) is 87.3. The molecule has 10 aliphatic heterocycles. The Balaban J connectivity index is 0.000000240. The van der Waals surface area contributed by atoms with Crippen LogP contribution in [-0.4, -0.2) is 35.6 Å². The van der Waals surface area contributed by atoms with Crippen molar-refractivity contribution in [2.45, 2.75) is 268 Å². The molecular formula is C107H124N4O8. The van der Waals surface area contributed by atoms with Gasteiger partial charge in [-0.15, -0.1) is 0 Å². The van der Waals surface area contributed by atoms with E-state index in [2.05, 4.69) is 241 Å². The molecule has 12 heteroatoms. The van der Waals surface area contributed by atoms with Crippen molar-refractivity contribution in [1.82, 2.24) is 0 Å². The second-order valence-electron chi connectivity index (χ2n) is 39.5. The summed E-state index contributed by atoms with van der Waals surface area (Å²) in [6, 6.07) is 57.8. The topological polar surface area (TPSA) is 169 Å². The molecule has 620 valence electrons. The van der Waals surface area contributed by atoms with Gasteiger partial charge in [-0.2, -0.15) is 0 Å². The minimum Gasteiger partial charge on any atom is -0.423 e.